The van der Waals surface area contributed by atoms with E-state index in [0.717, 1.165) is 24.8 Å². The molecule has 0 bridgehead atoms. The predicted octanol–water partition coefficient (Wildman–Crippen LogP) is 4.03. The molecule has 1 aromatic rings. The third kappa shape index (κ3) is 5.14. The van der Waals surface area contributed by atoms with Gasteiger partial charge in [-0.05, 0) is 37.6 Å². The highest BCUT2D eigenvalue weighted by atomic mass is 15.1. The lowest BCUT2D eigenvalue weighted by Crippen LogP contribution is -2.33. The molecule has 1 saturated carbocycles. The topological polar surface area (TPSA) is 29.9 Å². The first-order valence-corrected chi connectivity index (χ1v) is 8.94. The Kier molecular flexibility index (Phi) is 6.75. The third-order valence-corrected chi connectivity index (χ3v) is 4.82. The Bertz CT molecular complexity index is 397. The normalized spacial score (nSPS) is 23.4. The largest absolute Gasteiger partial charge is 0.335 e. The molecule has 0 aliphatic heterocycles. The van der Waals surface area contributed by atoms with E-state index in [1.165, 1.54) is 50.9 Å². The number of nitrogens with one attached hydrogen (secondary N) is 1. The van der Waals surface area contributed by atoms with Crippen molar-refractivity contribution < 1.29 is 0 Å². The van der Waals surface area contributed by atoms with Gasteiger partial charge < -0.3 is 9.88 Å². The smallest absolute Gasteiger partial charge is 0.108 e. The summed E-state index contributed by atoms with van der Waals surface area (Å²) in [6.07, 6.45) is 13.5. The molecule has 1 aliphatic carbocycles. The van der Waals surface area contributed by atoms with Gasteiger partial charge in [0, 0.05) is 31.4 Å². The minimum absolute atomic E-state index is 0.594. The van der Waals surface area contributed by atoms with E-state index in [0.29, 0.717) is 6.04 Å². The molecule has 0 aromatic carbocycles. The molecule has 1 N–H and O–H groups in total. The summed E-state index contributed by atoms with van der Waals surface area (Å²) in [5, 5.41) is 3.67. The quantitative estimate of drug-likeness (QED) is 0.769. The molecule has 0 radical (unpaired) electrons. The first-order valence-electron chi connectivity index (χ1n) is 8.94. The minimum Gasteiger partial charge on any atom is -0.335 e. The summed E-state index contributed by atoms with van der Waals surface area (Å²) in [6, 6.07) is 0.594. The molecule has 1 aromatic heterocycles. The van der Waals surface area contributed by atoms with E-state index in [-0.39, 0.29) is 0 Å². The second-order valence-corrected chi connectivity index (χ2v) is 6.96. The number of aromatic nitrogens is 2. The highest BCUT2D eigenvalue weighted by Crippen LogP contribution is 2.31. The summed E-state index contributed by atoms with van der Waals surface area (Å²) in [5.41, 5.74) is 0. The Morgan fingerprint density at radius 2 is 2.00 bits per heavy atom. The second-order valence-electron chi connectivity index (χ2n) is 6.96. The summed E-state index contributed by atoms with van der Waals surface area (Å²) in [4.78, 5) is 4.63. The number of hydrogen-bond acceptors (Lipinski definition) is 2. The van der Waals surface area contributed by atoms with Crippen molar-refractivity contribution in [3.8, 4) is 0 Å². The van der Waals surface area contributed by atoms with Gasteiger partial charge in [-0.15, -0.1) is 0 Å². The number of hydrogen-bond donors (Lipinski definition) is 1. The SMILES string of the molecule is CCCn1ccnc1CC1CCCCCC1CNC(C)C. The van der Waals surface area contributed by atoms with Crippen molar-refractivity contribution in [2.45, 2.75) is 78.3 Å². The summed E-state index contributed by atoms with van der Waals surface area (Å²) < 4.78 is 2.36. The van der Waals surface area contributed by atoms with Gasteiger partial charge in [-0.25, -0.2) is 4.98 Å². The Balaban J connectivity index is 2.00. The van der Waals surface area contributed by atoms with Crippen molar-refractivity contribution in [1.82, 2.24) is 14.9 Å². The summed E-state index contributed by atoms with van der Waals surface area (Å²) in [6.45, 7) is 9.03. The van der Waals surface area contributed by atoms with Crippen molar-refractivity contribution in [2.24, 2.45) is 11.8 Å². The first kappa shape index (κ1) is 16.5. The van der Waals surface area contributed by atoms with Gasteiger partial charge in [0.2, 0.25) is 0 Å². The van der Waals surface area contributed by atoms with Crippen LogP contribution in [0.5, 0.6) is 0 Å². The molecule has 2 unspecified atom stereocenters. The molecule has 3 heteroatoms. The number of nitrogens with zero attached hydrogens (tertiary/aromatic N) is 2. The molecule has 120 valence electrons. The Hall–Kier alpha value is -0.830. The summed E-state index contributed by atoms with van der Waals surface area (Å²) in [5.74, 6) is 2.93. The maximum absolute atomic E-state index is 4.63. The van der Waals surface area contributed by atoms with Crippen LogP contribution in [0.15, 0.2) is 12.4 Å². The molecular weight excluding hydrogens is 258 g/mol. The number of aryl methyl sites for hydroxylation is 1. The molecule has 2 rings (SSSR count). The van der Waals surface area contributed by atoms with E-state index in [9.17, 15) is 0 Å². The van der Waals surface area contributed by atoms with Crippen LogP contribution in [0.3, 0.4) is 0 Å². The highest BCUT2D eigenvalue weighted by Gasteiger charge is 2.25. The van der Waals surface area contributed by atoms with Gasteiger partial charge in [-0.2, -0.15) is 0 Å². The zero-order chi connectivity index (χ0) is 15.1. The lowest BCUT2D eigenvalue weighted by atomic mass is 9.85. The number of rotatable bonds is 7. The van der Waals surface area contributed by atoms with Crippen LogP contribution in [0.25, 0.3) is 0 Å². The van der Waals surface area contributed by atoms with E-state index in [2.05, 4.69) is 41.8 Å². The lowest BCUT2D eigenvalue weighted by Gasteiger charge is -2.26. The highest BCUT2D eigenvalue weighted by molar-refractivity contribution is 4.96. The Labute approximate surface area is 130 Å². The van der Waals surface area contributed by atoms with Crippen LogP contribution in [0.1, 0.15) is 65.1 Å². The van der Waals surface area contributed by atoms with Crippen molar-refractivity contribution in [2.75, 3.05) is 6.54 Å². The third-order valence-electron chi connectivity index (χ3n) is 4.82. The molecule has 1 aliphatic rings. The Morgan fingerprint density at radius 3 is 2.71 bits per heavy atom. The molecule has 0 amide bonds. The molecule has 0 saturated heterocycles. The molecule has 3 nitrogen and oxygen atoms in total. The van der Waals surface area contributed by atoms with Crippen molar-refractivity contribution >= 4 is 0 Å². The fourth-order valence-corrected chi connectivity index (χ4v) is 3.59. The van der Waals surface area contributed by atoms with Gasteiger partial charge in [-0.3, -0.25) is 0 Å². The van der Waals surface area contributed by atoms with Gasteiger partial charge in [0.05, 0.1) is 0 Å². The zero-order valence-electron chi connectivity index (χ0n) is 14.1. The van der Waals surface area contributed by atoms with E-state index >= 15 is 0 Å². The van der Waals surface area contributed by atoms with Crippen molar-refractivity contribution in [1.29, 1.82) is 0 Å². The van der Waals surface area contributed by atoms with Crippen LogP contribution >= 0.6 is 0 Å². The standard InChI is InChI=1S/C18H33N3/c1-4-11-21-12-10-19-18(21)13-16-8-6-5-7-9-17(16)14-20-15(2)3/h10,12,15-17,20H,4-9,11,13-14H2,1-3H3. The Morgan fingerprint density at radius 1 is 1.24 bits per heavy atom. The van der Waals surface area contributed by atoms with Crippen LogP contribution < -0.4 is 5.32 Å². The first-order chi connectivity index (χ1) is 10.2. The van der Waals surface area contributed by atoms with Crippen LogP contribution in [0.2, 0.25) is 0 Å². The maximum Gasteiger partial charge on any atom is 0.108 e. The van der Waals surface area contributed by atoms with Gasteiger partial charge in [0.1, 0.15) is 5.82 Å². The maximum atomic E-state index is 4.63. The van der Waals surface area contributed by atoms with Crippen LogP contribution in [-0.4, -0.2) is 22.1 Å². The minimum atomic E-state index is 0.594. The monoisotopic (exact) mass is 291 g/mol. The molecule has 1 fully saturated rings. The van der Waals surface area contributed by atoms with Crippen LogP contribution in [-0.2, 0) is 13.0 Å². The van der Waals surface area contributed by atoms with Gasteiger partial charge in [0.25, 0.3) is 0 Å². The zero-order valence-corrected chi connectivity index (χ0v) is 14.1. The molecule has 1 heterocycles. The molecular formula is C18H33N3. The molecule has 0 spiro atoms. The van der Waals surface area contributed by atoms with Gasteiger partial charge >= 0.3 is 0 Å². The van der Waals surface area contributed by atoms with E-state index in [4.69, 9.17) is 0 Å². The van der Waals surface area contributed by atoms with E-state index < -0.39 is 0 Å². The van der Waals surface area contributed by atoms with Crippen molar-refractivity contribution in [3.63, 3.8) is 0 Å². The van der Waals surface area contributed by atoms with Crippen LogP contribution in [0, 0.1) is 11.8 Å². The molecule has 21 heavy (non-hydrogen) atoms. The lowest BCUT2D eigenvalue weighted by molar-refractivity contribution is 0.285. The fourth-order valence-electron chi connectivity index (χ4n) is 3.59. The fraction of sp³-hybridized carbons (Fsp3) is 0.833. The predicted molar refractivity (Wildman–Crippen MR) is 89.4 cm³/mol. The van der Waals surface area contributed by atoms with Crippen LogP contribution in [0.4, 0.5) is 0 Å². The van der Waals surface area contributed by atoms with E-state index in [1.54, 1.807) is 0 Å². The second kappa shape index (κ2) is 8.57. The average Bonchev–Trinajstić information content (AvgIpc) is 2.76. The molecule has 2 atom stereocenters. The van der Waals surface area contributed by atoms with Gasteiger partial charge in [0.15, 0.2) is 0 Å². The van der Waals surface area contributed by atoms with Gasteiger partial charge in [-0.1, -0.05) is 40.0 Å². The number of imidazole rings is 1. The van der Waals surface area contributed by atoms with Crippen molar-refractivity contribution in [3.05, 3.63) is 18.2 Å². The average molecular weight is 291 g/mol. The van der Waals surface area contributed by atoms with E-state index in [1.807, 2.05) is 6.20 Å². The summed E-state index contributed by atoms with van der Waals surface area (Å²) >= 11 is 0. The summed E-state index contributed by atoms with van der Waals surface area (Å²) in [7, 11) is 0.